The molecule has 0 aliphatic rings. The second-order valence-corrected chi connectivity index (χ2v) is 4.28. The second kappa shape index (κ2) is 6.61. The maximum atomic E-state index is 11.9. The standard InChI is InChI=1S/C12H12Cl2O4/c1-17-11-5-7(8(13)6-9(11)14)10(15)3-4-12(16)18-2/h5-6H,3-4H2,1-2H3. The molecule has 18 heavy (non-hydrogen) atoms. The Kier molecular flexibility index (Phi) is 5.44. The van der Waals surface area contributed by atoms with Crippen LogP contribution in [0.3, 0.4) is 0 Å². The Hall–Kier alpha value is -1.26. The smallest absolute Gasteiger partial charge is 0.305 e. The number of rotatable bonds is 5. The molecule has 0 aliphatic heterocycles. The van der Waals surface area contributed by atoms with Crippen molar-refractivity contribution >= 4 is 35.0 Å². The molecule has 0 aliphatic carbocycles. The van der Waals surface area contributed by atoms with E-state index in [1.165, 1.54) is 26.4 Å². The van der Waals surface area contributed by atoms with Gasteiger partial charge in [0.25, 0.3) is 0 Å². The van der Waals surface area contributed by atoms with Gasteiger partial charge < -0.3 is 9.47 Å². The molecule has 0 unspecified atom stereocenters. The van der Waals surface area contributed by atoms with Crippen molar-refractivity contribution in [3.63, 3.8) is 0 Å². The van der Waals surface area contributed by atoms with Crippen LogP contribution in [0.4, 0.5) is 0 Å². The molecule has 0 radical (unpaired) electrons. The van der Waals surface area contributed by atoms with Gasteiger partial charge in [0.05, 0.1) is 30.7 Å². The minimum absolute atomic E-state index is 0.0105. The van der Waals surface area contributed by atoms with E-state index in [1.54, 1.807) is 0 Å². The van der Waals surface area contributed by atoms with Crippen molar-refractivity contribution < 1.29 is 19.1 Å². The molecular weight excluding hydrogens is 279 g/mol. The quantitative estimate of drug-likeness (QED) is 0.617. The van der Waals surface area contributed by atoms with Crippen molar-refractivity contribution in [3.05, 3.63) is 27.7 Å². The number of ether oxygens (including phenoxy) is 2. The number of carbonyl (C=O) groups excluding carboxylic acids is 2. The van der Waals surface area contributed by atoms with Crippen molar-refractivity contribution in [1.82, 2.24) is 0 Å². The van der Waals surface area contributed by atoms with Gasteiger partial charge in [0, 0.05) is 12.0 Å². The van der Waals surface area contributed by atoms with E-state index in [2.05, 4.69) is 4.74 Å². The fourth-order valence-corrected chi connectivity index (χ4v) is 1.92. The zero-order chi connectivity index (χ0) is 13.7. The zero-order valence-corrected chi connectivity index (χ0v) is 11.5. The lowest BCUT2D eigenvalue weighted by atomic mass is 10.1. The first-order valence-corrected chi connectivity index (χ1v) is 5.88. The summed E-state index contributed by atoms with van der Waals surface area (Å²) in [5, 5.41) is 0.558. The molecule has 1 aromatic rings. The van der Waals surface area contributed by atoms with Crippen molar-refractivity contribution in [2.45, 2.75) is 12.8 Å². The van der Waals surface area contributed by atoms with E-state index < -0.39 is 5.97 Å². The summed E-state index contributed by atoms with van der Waals surface area (Å²) in [7, 11) is 2.71. The summed E-state index contributed by atoms with van der Waals surface area (Å²) in [6.07, 6.45) is 0.0355. The molecule has 4 nitrogen and oxygen atoms in total. The lowest BCUT2D eigenvalue weighted by Gasteiger charge is -2.08. The summed E-state index contributed by atoms with van der Waals surface area (Å²) in [6, 6.07) is 2.90. The predicted molar refractivity (Wildman–Crippen MR) is 68.6 cm³/mol. The van der Waals surface area contributed by atoms with Crippen molar-refractivity contribution in [3.8, 4) is 5.75 Å². The van der Waals surface area contributed by atoms with Gasteiger partial charge in [0.15, 0.2) is 5.78 Å². The molecule has 0 heterocycles. The molecule has 0 fully saturated rings. The maximum absolute atomic E-state index is 11.9. The predicted octanol–water partition coefficient (Wildman–Crippen LogP) is 3.14. The summed E-state index contributed by atoms with van der Waals surface area (Å²) in [5.74, 6) is -0.344. The first-order valence-electron chi connectivity index (χ1n) is 5.12. The fraction of sp³-hybridized carbons (Fsp3) is 0.333. The highest BCUT2D eigenvalue weighted by atomic mass is 35.5. The van der Waals surface area contributed by atoms with Gasteiger partial charge in [-0.05, 0) is 12.1 Å². The average molecular weight is 291 g/mol. The van der Waals surface area contributed by atoms with E-state index in [-0.39, 0.29) is 29.2 Å². The Morgan fingerprint density at radius 1 is 1.11 bits per heavy atom. The Balaban J connectivity index is 2.88. The number of hydrogen-bond donors (Lipinski definition) is 0. The Morgan fingerprint density at radius 3 is 2.33 bits per heavy atom. The lowest BCUT2D eigenvalue weighted by Crippen LogP contribution is -2.06. The molecule has 6 heteroatoms. The number of carbonyl (C=O) groups is 2. The molecule has 0 N–H and O–H groups in total. The highest BCUT2D eigenvalue weighted by Crippen LogP contribution is 2.31. The molecule has 98 valence electrons. The molecule has 1 rings (SSSR count). The van der Waals surface area contributed by atoms with Crippen LogP contribution < -0.4 is 4.74 Å². The van der Waals surface area contributed by atoms with E-state index in [0.717, 1.165) is 0 Å². The molecular formula is C12H12Cl2O4. The number of methoxy groups -OCH3 is 2. The van der Waals surface area contributed by atoms with Gasteiger partial charge in [0.2, 0.25) is 0 Å². The molecule has 0 saturated carbocycles. The lowest BCUT2D eigenvalue weighted by molar-refractivity contribution is -0.140. The van der Waals surface area contributed by atoms with Crippen LogP contribution >= 0.6 is 23.2 Å². The average Bonchev–Trinajstić information content (AvgIpc) is 2.35. The van der Waals surface area contributed by atoms with Crippen LogP contribution in [-0.4, -0.2) is 26.0 Å². The first kappa shape index (κ1) is 14.8. The Morgan fingerprint density at radius 2 is 1.78 bits per heavy atom. The number of halogens is 2. The fourth-order valence-electron chi connectivity index (χ4n) is 1.35. The molecule has 0 atom stereocenters. The van der Waals surface area contributed by atoms with Crippen LogP contribution in [0.15, 0.2) is 12.1 Å². The van der Waals surface area contributed by atoms with Gasteiger partial charge in [-0.1, -0.05) is 23.2 Å². The summed E-state index contributed by atoms with van der Waals surface area (Å²) >= 11 is 11.8. The van der Waals surface area contributed by atoms with Crippen LogP contribution in [0.5, 0.6) is 5.75 Å². The summed E-state index contributed by atoms with van der Waals surface area (Å²) in [6.45, 7) is 0. The first-order chi connectivity index (χ1) is 8.49. The van der Waals surface area contributed by atoms with Gasteiger partial charge in [-0.3, -0.25) is 9.59 Å². The number of benzene rings is 1. The second-order valence-electron chi connectivity index (χ2n) is 3.47. The number of esters is 1. The van der Waals surface area contributed by atoms with Crippen molar-refractivity contribution in [2.24, 2.45) is 0 Å². The monoisotopic (exact) mass is 290 g/mol. The largest absolute Gasteiger partial charge is 0.495 e. The minimum Gasteiger partial charge on any atom is -0.495 e. The van der Waals surface area contributed by atoms with E-state index in [9.17, 15) is 9.59 Å². The highest BCUT2D eigenvalue weighted by molar-refractivity contribution is 6.37. The van der Waals surface area contributed by atoms with Crippen LogP contribution in [0.25, 0.3) is 0 Å². The van der Waals surface area contributed by atoms with Gasteiger partial charge in [-0.2, -0.15) is 0 Å². The van der Waals surface area contributed by atoms with Gasteiger partial charge in [0.1, 0.15) is 5.75 Å². The molecule has 0 bridgehead atoms. The SMILES string of the molecule is COC(=O)CCC(=O)c1cc(OC)c(Cl)cc1Cl. The minimum atomic E-state index is -0.444. The van der Waals surface area contributed by atoms with E-state index >= 15 is 0 Å². The molecule has 0 saturated heterocycles. The summed E-state index contributed by atoms with van der Waals surface area (Å²) in [4.78, 5) is 22.8. The number of Topliss-reactive ketones (excluding diaryl/α,β-unsaturated/α-hetero) is 1. The van der Waals surface area contributed by atoms with Gasteiger partial charge in [-0.15, -0.1) is 0 Å². The van der Waals surface area contributed by atoms with Gasteiger partial charge in [-0.25, -0.2) is 0 Å². The maximum Gasteiger partial charge on any atom is 0.305 e. The third kappa shape index (κ3) is 3.62. The van der Waals surface area contributed by atoms with Crippen molar-refractivity contribution in [2.75, 3.05) is 14.2 Å². The topological polar surface area (TPSA) is 52.6 Å². The normalized spacial score (nSPS) is 10.0. The van der Waals surface area contributed by atoms with E-state index in [1.807, 2.05) is 0 Å². The van der Waals surface area contributed by atoms with Crippen molar-refractivity contribution in [1.29, 1.82) is 0 Å². The Labute approximate surface area is 115 Å². The number of ketones is 1. The van der Waals surface area contributed by atoms with Crippen LogP contribution in [0.1, 0.15) is 23.2 Å². The molecule has 0 spiro atoms. The van der Waals surface area contributed by atoms with Crippen LogP contribution in [0, 0.1) is 0 Å². The van der Waals surface area contributed by atoms with Crippen LogP contribution in [-0.2, 0) is 9.53 Å². The highest BCUT2D eigenvalue weighted by Gasteiger charge is 2.15. The Bertz CT molecular complexity index is 471. The summed E-state index contributed by atoms with van der Waals surface area (Å²) in [5.41, 5.74) is 0.279. The third-order valence-electron chi connectivity index (χ3n) is 2.33. The van der Waals surface area contributed by atoms with E-state index in [4.69, 9.17) is 27.9 Å². The van der Waals surface area contributed by atoms with Gasteiger partial charge >= 0.3 is 5.97 Å². The van der Waals surface area contributed by atoms with Crippen LogP contribution in [0.2, 0.25) is 10.0 Å². The summed E-state index contributed by atoms with van der Waals surface area (Å²) < 4.78 is 9.46. The third-order valence-corrected chi connectivity index (χ3v) is 2.93. The molecule has 1 aromatic carbocycles. The van der Waals surface area contributed by atoms with E-state index in [0.29, 0.717) is 10.8 Å². The molecule has 0 amide bonds. The number of hydrogen-bond acceptors (Lipinski definition) is 4. The molecule has 0 aromatic heterocycles. The zero-order valence-electron chi connectivity index (χ0n) is 9.96.